The van der Waals surface area contributed by atoms with E-state index >= 15 is 0 Å². The van der Waals surface area contributed by atoms with Crippen LogP contribution in [-0.4, -0.2) is 48.9 Å². The second kappa shape index (κ2) is 8.38. The number of amides is 2. The van der Waals surface area contributed by atoms with Gasteiger partial charge in [-0.15, -0.1) is 0 Å². The standard InChI is InChI=1S/C19H30N2O3/c1-19(2,3)16-7-4-8-17(12-16)24-11-9-20-18(23)21-10-5-6-15(13-21)14-22/h4,7-8,12,15,22H,5-6,9-11,13-14H2,1-3H3,(H,20,23). The second-order valence-electron chi connectivity index (χ2n) is 7.50. The molecule has 134 valence electrons. The molecule has 24 heavy (non-hydrogen) atoms. The first-order chi connectivity index (χ1) is 11.4. The van der Waals surface area contributed by atoms with Crippen molar-refractivity contribution < 1.29 is 14.6 Å². The monoisotopic (exact) mass is 334 g/mol. The maximum atomic E-state index is 12.1. The molecule has 1 saturated heterocycles. The number of aliphatic hydroxyl groups is 1. The lowest BCUT2D eigenvalue weighted by Gasteiger charge is -2.31. The Kier molecular flexibility index (Phi) is 6.49. The van der Waals surface area contributed by atoms with Gasteiger partial charge in [0.05, 0.1) is 6.54 Å². The minimum atomic E-state index is -0.0693. The van der Waals surface area contributed by atoms with E-state index < -0.39 is 0 Å². The molecule has 2 amide bonds. The number of hydrogen-bond donors (Lipinski definition) is 2. The highest BCUT2D eigenvalue weighted by Gasteiger charge is 2.22. The van der Waals surface area contributed by atoms with Crippen molar-refractivity contribution in [2.24, 2.45) is 5.92 Å². The molecule has 1 aliphatic heterocycles. The van der Waals surface area contributed by atoms with Gasteiger partial charge in [-0.1, -0.05) is 32.9 Å². The fourth-order valence-corrected chi connectivity index (χ4v) is 2.89. The summed E-state index contributed by atoms with van der Waals surface area (Å²) in [5.41, 5.74) is 1.32. The number of carbonyl (C=O) groups excluding carboxylic acids is 1. The van der Waals surface area contributed by atoms with E-state index in [2.05, 4.69) is 38.2 Å². The first-order valence-corrected chi connectivity index (χ1v) is 8.77. The Labute approximate surface area is 145 Å². The quantitative estimate of drug-likeness (QED) is 0.814. The average molecular weight is 334 g/mol. The van der Waals surface area contributed by atoms with Crippen LogP contribution >= 0.6 is 0 Å². The second-order valence-corrected chi connectivity index (χ2v) is 7.50. The molecule has 1 aromatic rings. The zero-order valence-corrected chi connectivity index (χ0v) is 15.0. The van der Waals surface area contributed by atoms with E-state index in [-0.39, 0.29) is 24.0 Å². The molecule has 0 saturated carbocycles. The molecule has 1 heterocycles. The van der Waals surface area contributed by atoms with E-state index in [0.717, 1.165) is 25.1 Å². The molecule has 0 bridgehead atoms. The number of carbonyl (C=O) groups is 1. The van der Waals surface area contributed by atoms with E-state index in [1.165, 1.54) is 5.56 Å². The Morgan fingerprint density at radius 1 is 1.42 bits per heavy atom. The number of aliphatic hydroxyl groups excluding tert-OH is 1. The number of piperidine rings is 1. The first-order valence-electron chi connectivity index (χ1n) is 8.77. The van der Waals surface area contributed by atoms with E-state index in [1.54, 1.807) is 4.90 Å². The summed E-state index contributed by atoms with van der Waals surface area (Å²) in [5.74, 6) is 1.04. The van der Waals surface area contributed by atoms with Gasteiger partial charge in [-0.3, -0.25) is 0 Å². The Bertz CT molecular complexity index is 540. The molecule has 1 aliphatic rings. The van der Waals surface area contributed by atoms with Crippen molar-refractivity contribution in [2.75, 3.05) is 32.8 Å². The van der Waals surface area contributed by atoms with E-state index in [9.17, 15) is 9.90 Å². The minimum Gasteiger partial charge on any atom is -0.492 e. The molecule has 0 aliphatic carbocycles. The SMILES string of the molecule is CC(C)(C)c1cccc(OCCNC(=O)N2CCCC(CO)C2)c1. The molecule has 5 heteroatoms. The van der Waals surface area contributed by atoms with Crippen LogP contribution in [0.2, 0.25) is 0 Å². The molecule has 2 N–H and O–H groups in total. The number of nitrogens with one attached hydrogen (secondary N) is 1. The van der Waals surface area contributed by atoms with Gasteiger partial charge in [0.2, 0.25) is 0 Å². The number of hydrogen-bond acceptors (Lipinski definition) is 3. The fourth-order valence-electron chi connectivity index (χ4n) is 2.89. The minimum absolute atomic E-state index is 0.0693. The van der Waals surface area contributed by atoms with E-state index in [1.807, 2.05) is 12.1 Å². The lowest BCUT2D eigenvalue weighted by molar-refractivity contribution is 0.129. The van der Waals surface area contributed by atoms with Crippen LogP contribution in [0.15, 0.2) is 24.3 Å². The van der Waals surface area contributed by atoms with Gasteiger partial charge < -0.3 is 20.1 Å². The summed E-state index contributed by atoms with van der Waals surface area (Å²) >= 11 is 0. The molecule has 1 atom stereocenters. The highest BCUT2D eigenvalue weighted by molar-refractivity contribution is 5.74. The molecule has 0 aromatic heterocycles. The molecule has 0 spiro atoms. The van der Waals surface area contributed by atoms with Crippen LogP contribution in [0.5, 0.6) is 5.75 Å². The average Bonchev–Trinajstić information content (AvgIpc) is 2.58. The van der Waals surface area contributed by atoms with E-state index in [0.29, 0.717) is 19.7 Å². The molecule has 5 nitrogen and oxygen atoms in total. The van der Waals surface area contributed by atoms with Gasteiger partial charge in [0, 0.05) is 19.7 Å². The highest BCUT2D eigenvalue weighted by atomic mass is 16.5. The zero-order chi connectivity index (χ0) is 17.6. The van der Waals surface area contributed by atoms with Gasteiger partial charge in [-0.2, -0.15) is 0 Å². The Balaban J connectivity index is 1.74. The Hall–Kier alpha value is -1.75. The summed E-state index contributed by atoms with van der Waals surface area (Å²) in [6.07, 6.45) is 1.95. The van der Waals surface area contributed by atoms with Crippen LogP contribution in [0.25, 0.3) is 0 Å². The summed E-state index contributed by atoms with van der Waals surface area (Å²) in [5, 5.41) is 12.1. The highest BCUT2D eigenvalue weighted by Crippen LogP contribution is 2.25. The number of rotatable bonds is 5. The molecular formula is C19H30N2O3. The van der Waals surface area contributed by atoms with Crippen LogP contribution in [0.4, 0.5) is 4.79 Å². The number of ether oxygens (including phenoxy) is 1. The van der Waals surface area contributed by atoms with E-state index in [4.69, 9.17) is 4.74 Å². The van der Waals surface area contributed by atoms with Crippen LogP contribution in [0.3, 0.4) is 0 Å². The summed E-state index contributed by atoms with van der Waals surface area (Å²) < 4.78 is 5.75. The third-order valence-corrected chi connectivity index (χ3v) is 4.41. The topological polar surface area (TPSA) is 61.8 Å². The number of nitrogens with zero attached hydrogens (tertiary/aromatic N) is 1. The maximum absolute atomic E-state index is 12.1. The van der Waals surface area contributed by atoms with Crippen molar-refractivity contribution in [3.63, 3.8) is 0 Å². The predicted molar refractivity (Wildman–Crippen MR) is 95.4 cm³/mol. The smallest absolute Gasteiger partial charge is 0.317 e. The van der Waals surface area contributed by atoms with Gasteiger partial charge in [0.1, 0.15) is 12.4 Å². The van der Waals surface area contributed by atoms with Crippen molar-refractivity contribution in [2.45, 2.75) is 39.0 Å². The first kappa shape index (κ1) is 18.6. The lowest BCUT2D eigenvalue weighted by Crippen LogP contribution is -2.47. The summed E-state index contributed by atoms with van der Waals surface area (Å²) in [6, 6.07) is 8.02. The number of likely N-dealkylation sites (tertiary alicyclic amines) is 1. The summed E-state index contributed by atoms with van der Waals surface area (Å²) in [7, 11) is 0. The Morgan fingerprint density at radius 3 is 2.92 bits per heavy atom. The van der Waals surface area contributed by atoms with Gasteiger partial charge >= 0.3 is 6.03 Å². The normalized spacial score (nSPS) is 18.3. The number of benzene rings is 1. The Morgan fingerprint density at radius 2 is 2.21 bits per heavy atom. The van der Waals surface area contributed by atoms with Gasteiger partial charge in [-0.25, -0.2) is 4.79 Å². The van der Waals surface area contributed by atoms with Gasteiger partial charge in [-0.05, 0) is 41.9 Å². The molecular weight excluding hydrogens is 304 g/mol. The fraction of sp³-hybridized carbons (Fsp3) is 0.632. The third kappa shape index (κ3) is 5.41. The van der Waals surface area contributed by atoms with Crippen molar-refractivity contribution in [1.29, 1.82) is 0 Å². The van der Waals surface area contributed by atoms with Crippen molar-refractivity contribution >= 4 is 6.03 Å². The molecule has 1 fully saturated rings. The summed E-state index contributed by atoms with van der Waals surface area (Å²) in [4.78, 5) is 13.9. The largest absolute Gasteiger partial charge is 0.492 e. The molecule has 2 rings (SSSR count). The summed E-state index contributed by atoms with van der Waals surface area (Å²) in [6.45, 7) is 8.97. The van der Waals surface area contributed by atoms with Crippen molar-refractivity contribution in [3.8, 4) is 5.75 Å². The van der Waals surface area contributed by atoms with Gasteiger partial charge in [0.25, 0.3) is 0 Å². The van der Waals surface area contributed by atoms with Gasteiger partial charge in [0.15, 0.2) is 0 Å². The lowest BCUT2D eigenvalue weighted by atomic mass is 9.87. The third-order valence-electron chi connectivity index (χ3n) is 4.41. The van der Waals surface area contributed by atoms with Crippen LogP contribution in [0, 0.1) is 5.92 Å². The van der Waals surface area contributed by atoms with Crippen LogP contribution in [-0.2, 0) is 5.41 Å². The van der Waals surface area contributed by atoms with Crippen LogP contribution < -0.4 is 10.1 Å². The molecule has 1 aromatic carbocycles. The maximum Gasteiger partial charge on any atom is 0.317 e. The molecule has 1 unspecified atom stereocenters. The molecule has 0 radical (unpaired) electrons. The predicted octanol–water partition coefficient (Wildman–Crippen LogP) is 2.78. The van der Waals surface area contributed by atoms with Crippen LogP contribution in [0.1, 0.15) is 39.2 Å². The number of urea groups is 1. The zero-order valence-electron chi connectivity index (χ0n) is 15.0. The van der Waals surface area contributed by atoms with Crippen molar-refractivity contribution in [1.82, 2.24) is 10.2 Å². The van der Waals surface area contributed by atoms with Crippen molar-refractivity contribution in [3.05, 3.63) is 29.8 Å².